The molecule has 4 heteroatoms. The number of rotatable bonds is 8. The number of benzene rings is 1. The molecule has 2 rings (SSSR count). The number of halogens is 1. The molecule has 0 aliphatic carbocycles. The topological polar surface area (TPSA) is 52.0 Å². The first-order chi connectivity index (χ1) is 10.2. The number of anilines is 1. The summed E-state index contributed by atoms with van der Waals surface area (Å²) >= 11 is 6.25. The predicted molar refractivity (Wildman–Crippen MR) is 88.4 cm³/mol. The highest BCUT2D eigenvalue weighted by molar-refractivity contribution is 6.33. The van der Waals surface area contributed by atoms with Gasteiger partial charge in [-0.2, -0.15) is 0 Å². The van der Waals surface area contributed by atoms with Gasteiger partial charge in [-0.15, -0.1) is 0 Å². The first-order valence-electron chi connectivity index (χ1n) is 7.73. The minimum absolute atomic E-state index is 0.420. The average Bonchev–Trinajstić information content (AvgIpc) is 2.84. The second-order valence-corrected chi connectivity index (χ2v) is 5.77. The van der Waals surface area contributed by atoms with E-state index < -0.39 is 0 Å². The zero-order valence-electron chi connectivity index (χ0n) is 12.6. The molecule has 3 nitrogen and oxygen atoms in total. The molecule has 0 saturated carbocycles. The standard InChI is InChI=1S/C17H23ClN2O/c1-2-3-4-5-6-7-12-15-16(17(19)20-21-15)13-10-8-9-11-14(13)18/h8-11H,2-7,12H2,1H3,(H2,19,20). The molecule has 2 aromatic rings. The van der Waals surface area contributed by atoms with Gasteiger partial charge in [-0.25, -0.2) is 0 Å². The minimum atomic E-state index is 0.420. The Bertz CT molecular complexity index is 566. The number of aromatic nitrogens is 1. The van der Waals surface area contributed by atoms with Crippen LogP contribution in [0.2, 0.25) is 5.02 Å². The molecule has 114 valence electrons. The molecule has 0 aliphatic rings. The van der Waals surface area contributed by atoms with E-state index in [-0.39, 0.29) is 0 Å². The summed E-state index contributed by atoms with van der Waals surface area (Å²) in [5.74, 6) is 1.26. The molecule has 1 aromatic heterocycles. The number of nitrogens with zero attached hydrogens (tertiary/aromatic N) is 1. The summed E-state index contributed by atoms with van der Waals surface area (Å²) in [5.41, 5.74) is 7.71. The van der Waals surface area contributed by atoms with Crippen molar-refractivity contribution in [1.29, 1.82) is 0 Å². The van der Waals surface area contributed by atoms with E-state index in [1.807, 2.05) is 24.3 Å². The summed E-state index contributed by atoms with van der Waals surface area (Å²) in [6.45, 7) is 2.23. The molecular formula is C17H23ClN2O. The second kappa shape index (κ2) is 8.08. The van der Waals surface area contributed by atoms with Gasteiger partial charge in [0.2, 0.25) is 0 Å². The molecule has 2 N–H and O–H groups in total. The van der Waals surface area contributed by atoms with E-state index in [0.29, 0.717) is 10.8 Å². The highest BCUT2D eigenvalue weighted by Gasteiger charge is 2.17. The van der Waals surface area contributed by atoms with Crippen LogP contribution in [0.25, 0.3) is 11.1 Å². The fourth-order valence-electron chi connectivity index (χ4n) is 2.53. The van der Waals surface area contributed by atoms with E-state index in [1.165, 1.54) is 32.1 Å². The molecule has 0 bridgehead atoms. The van der Waals surface area contributed by atoms with E-state index >= 15 is 0 Å². The van der Waals surface area contributed by atoms with Crippen molar-refractivity contribution in [2.45, 2.75) is 51.9 Å². The lowest BCUT2D eigenvalue weighted by Crippen LogP contribution is -1.92. The fourth-order valence-corrected chi connectivity index (χ4v) is 2.76. The molecule has 0 unspecified atom stereocenters. The van der Waals surface area contributed by atoms with Crippen LogP contribution in [0.1, 0.15) is 51.2 Å². The Morgan fingerprint density at radius 3 is 2.57 bits per heavy atom. The van der Waals surface area contributed by atoms with Gasteiger partial charge in [0.15, 0.2) is 5.82 Å². The quantitative estimate of drug-likeness (QED) is 0.657. The maximum atomic E-state index is 6.25. The van der Waals surface area contributed by atoms with Crippen LogP contribution in [0.5, 0.6) is 0 Å². The molecule has 0 atom stereocenters. The van der Waals surface area contributed by atoms with Crippen LogP contribution in [0, 0.1) is 0 Å². The van der Waals surface area contributed by atoms with Gasteiger partial charge in [0.1, 0.15) is 5.76 Å². The highest BCUT2D eigenvalue weighted by Crippen LogP contribution is 2.35. The predicted octanol–water partition coefficient (Wildman–Crippen LogP) is 5.48. The summed E-state index contributed by atoms with van der Waals surface area (Å²) in [6, 6.07) is 7.67. The third kappa shape index (κ3) is 4.24. The molecular weight excluding hydrogens is 284 g/mol. The zero-order chi connectivity index (χ0) is 15.1. The lowest BCUT2D eigenvalue weighted by Gasteiger charge is -2.05. The van der Waals surface area contributed by atoms with Gasteiger partial charge < -0.3 is 10.3 Å². The van der Waals surface area contributed by atoms with Crippen molar-refractivity contribution in [2.24, 2.45) is 0 Å². The number of unbranched alkanes of at least 4 members (excludes halogenated alkanes) is 5. The van der Waals surface area contributed by atoms with Gasteiger partial charge in [0, 0.05) is 17.0 Å². The number of nitrogen functional groups attached to an aromatic ring is 1. The Labute approximate surface area is 131 Å². The second-order valence-electron chi connectivity index (χ2n) is 5.36. The van der Waals surface area contributed by atoms with E-state index in [4.69, 9.17) is 21.9 Å². The number of hydrogen-bond donors (Lipinski definition) is 1. The van der Waals surface area contributed by atoms with Crippen molar-refractivity contribution in [3.63, 3.8) is 0 Å². The summed E-state index contributed by atoms with van der Waals surface area (Å²) in [7, 11) is 0. The Morgan fingerprint density at radius 2 is 1.81 bits per heavy atom. The fraction of sp³-hybridized carbons (Fsp3) is 0.471. The largest absolute Gasteiger partial charge is 0.380 e. The number of aryl methyl sites for hydroxylation is 1. The lowest BCUT2D eigenvalue weighted by atomic mass is 10.0. The van der Waals surface area contributed by atoms with Gasteiger partial charge in [-0.05, 0) is 12.5 Å². The van der Waals surface area contributed by atoms with Crippen molar-refractivity contribution in [3.05, 3.63) is 35.0 Å². The van der Waals surface area contributed by atoms with Gasteiger partial charge >= 0.3 is 0 Å². The molecule has 0 saturated heterocycles. The van der Waals surface area contributed by atoms with E-state index in [9.17, 15) is 0 Å². The molecule has 1 heterocycles. The van der Waals surface area contributed by atoms with Crippen LogP contribution in [0.4, 0.5) is 5.82 Å². The molecule has 0 spiro atoms. The summed E-state index contributed by atoms with van der Waals surface area (Å²) in [6.07, 6.45) is 8.34. The van der Waals surface area contributed by atoms with Crippen LogP contribution in [0.15, 0.2) is 28.8 Å². The molecule has 0 radical (unpaired) electrons. The molecule has 21 heavy (non-hydrogen) atoms. The van der Waals surface area contributed by atoms with Crippen molar-refractivity contribution in [3.8, 4) is 11.1 Å². The average molecular weight is 307 g/mol. The van der Waals surface area contributed by atoms with Crippen LogP contribution in [0.3, 0.4) is 0 Å². The van der Waals surface area contributed by atoms with E-state index in [1.54, 1.807) is 0 Å². The van der Waals surface area contributed by atoms with Crippen molar-refractivity contribution in [2.75, 3.05) is 5.73 Å². The summed E-state index contributed by atoms with van der Waals surface area (Å²) in [4.78, 5) is 0. The van der Waals surface area contributed by atoms with E-state index in [0.717, 1.165) is 29.7 Å². The van der Waals surface area contributed by atoms with Gasteiger partial charge in [-0.1, -0.05) is 74.0 Å². The first-order valence-corrected chi connectivity index (χ1v) is 8.10. The molecule has 1 aromatic carbocycles. The smallest absolute Gasteiger partial charge is 0.175 e. The molecule has 0 aliphatic heterocycles. The van der Waals surface area contributed by atoms with Gasteiger partial charge in [-0.3, -0.25) is 0 Å². The Balaban J connectivity index is 2.00. The normalized spacial score (nSPS) is 11.0. The van der Waals surface area contributed by atoms with Crippen molar-refractivity contribution < 1.29 is 4.52 Å². The van der Waals surface area contributed by atoms with Crippen LogP contribution in [-0.4, -0.2) is 5.16 Å². The third-order valence-electron chi connectivity index (χ3n) is 3.69. The van der Waals surface area contributed by atoms with Gasteiger partial charge in [0.05, 0.1) is 5.56 Å². The van der Waals surface area contributed by atoms with Crippen LogP contribution in [-0.2, 0) is 6.42 Å². The minimum Gasteiger partial charge on any atom is -0.380 e. The zero-order valence-corrected chi connectivity index (χ0v) is 13.3. The van der Waals surface area contributed by atoms with E-state index in [2.05, 4.69) is 12.1 Å². The Hall–Kier alpha value is -1.48. The Morgan fingerprint density at radius 1 is 1.10 bits per heavy atom. The van der Waals surface area contributed by atoms with Crippen molar-refractivity contribution in [1.82, 2.24) is 5.16 Å². The molecule has 0 fully saturated rings. The summed E-state index contributed by atoms with van der Waals surface area (Å²) in [5, 5.41) is 4.58. The lowest BCUT2D eigenvalue weighted by molar-refractivity contribution is 0.381. The number of hydrogen-bond acceptors (Lipinski definition) is 3. The Kier molecular flexibility index (Phi) is 6.12. The van der Waals surface area contributed by atoms with Crippen LogP contribution < -0.4 is 5.73 Å². The molecule has 0 amide bonds. The summed E-state index contributed by atoms with van der Waals surface area (Å²) < 4.78 is 5.40. The monoisotopic (exact) mass is 306 g/mol. The van der Waals surface area contributed by atoms with Gasteiger partial charge in [0.25, 0.3) is 0 Å². The maximum Gasteiger partial charge on any atom is 0.175 e. The van der Waals surface area contributed by atoms with Crippen molar-refractivity contribution >= 4 is 17.4 Å². The first kappa shape index (κ1) is 15.9. The number of nitrogens with two attached hydrogens (primary N) is 1. The third-order valence-corrected chi connectivity index (χ3v) is 4.02. The van der Waals surface area contributed by atoms with Crippen LogP contribution >= 0.6 is 11.6 Å². The SMILES string of the molecule is CCCCCCCCc1onc(N)c1-c1ccccc1Cl. The maximum absolute atomic E-state index is 6.25. The highest BCUT2D eigenvalue weighted by atomic mass is 35.5.